The summed E-state index contributed by atoms with van der Waals surface area (Å²) in [6, 6.07) is 11.9. The van der Waals surface area contributed by atoms with Crippen LogP contribution in [-0.2, 0) is 4.74 Å². The fourth-order valence-electron chi connectivity index (χ4n) is 2.32. The molecule has 0 saturated heterocycles. The van der Waals surface area contributed by atoms with Crippen LogP contribution < -0.4 is 10.6 Å². The fourth-order valence-corrected chi connectivity index (χ4v) is 2.50. The SMILES string of the molecule is COC(=O)c1ccc(Nc2ncc(C(=O)Nc3ccc(C)c(Cl)c3)cn2)cc1. The summed E-state index contributed by atoms with van der Waals surface area (Å²) in [6.45, 7) is 1.89. The summed E-state index contributed by atoms with van der Waals surface area (Å²) >= 11 is 6.07. The second-order valence-corrected chi connectivity index (χ2v) is 6.31. The molecule has 0 radical (unpaired) electrons. The molecule has 1 aromatic heterocycles. The molecule has 0 aliphatic heterocycles. The van der Waals surface area contributed by atoms with Crippen LogP contribution in [0.2, 0.25) is 5.02 Å². The van der Waals surface area contributed by atoms with Crippen molar-refractivity contribution >= 4 is 40.8 Å². The van der Waals surface area contributed by atoms with Crippen LogP contribution in [0.25, 0.3) is 0 Å². The first-order chi connectivity index (χ1) is 13.5. The molecule has 3 rings (SSSR count). The molecule has 7 nitrogen and oxygen atoms in total. The summed E-state index contributed by atoms with van der Waals surface area (Å²) in [7, 11) is 1.33. The highest BCUT2D eigenvalue weighted by atomic mass is 35.5. The van der Waals surface area contributed by atoms with Gasteiger partial charge in [-0.2, -0.15) is 0 Å². The number of aryl methyl sites for hydroxylation is 1. The molecule has 1 amide bonds. The first-order valence-corrected chi connectivity index (χ1v) is 8.69. The smallest absolute Gasteiger partial charge is 0.337 e. The minimum absolute atomic E-state index is 0.309. The average molecular weight is 397 g/mol. The van der Waals surface area contributed by atoms with Crippen LogP contribution in [0.4, 0.5) is 17.3 Å². The molecule has 8 heteroatoms. The number of esters is 1. The lowest BCUT2D eigenvalue weighted by Crippen LogP contribution is -2.13. The van der Waals surface area contributed by atoms with Gasteiger partial charge in [0.1, 0.15) is 0 Å². The normalized spacial score (nSPS) is 10.2. The largest absolute Gasteiger partial charge is 0.465 e. The summed E-state index contributed by atoms with van der Waals surface area (Å²) in [6.07, 6.45) is 2.84. The van der Waals surface area contributed by atoms with Gasteiger partial charge in [-0.1, -0.05) is 17.7 Å². The highest BCUT2D eigenvalue weighted by Crippen LogP contribution is 2.20. The van der Waals surface area contributed by atoms with E-state index in [-0.39, 0.29) is 5.91 Å². The van der Waals surface area contributed by atoms with Crippen LogP contribution >= 0.6 is 11.6 Å². The van der Waals surface area contributed by atoms with Crippen molar-refractivity contribution in [3.05, 3.63) is 76.6 Å². The average Bonchev–Trinajstić information content (AvgIpc) is 2.71. The Morgan fingerprint density at radius 1 is 0.964 bits per heavy atom. The molecule has 0 unspecified atom stereocenters. The minimum Gasteiger partial charge on any atom is -0.465 e. The molecule has 0 aliphatic rings. The Labute approximate surface area is 166 Å². The van der Waals surface area contributed by atoms with E-state index < -0.39 is 5.97 Å². The van der Waals surface area contributed by atoms with Crippen molar-refractivity contribution in [3.63, 3.8) is 0 Å². The number of amides is 1. The maximum Gasteiger partial charge on any atom is 0.337 e. The molecule has 0 bridgehead atoms. The van der Waals surface area contributed by atoms with Gasteiger partial charge in [0.05, 0.1) is 18.2 Å². The van der Waals surface area contributed by atoms with Crippen molar-refractivity contribution in [2.24, 2.45) is 0 Å². The number of benzene rings is 2. The number of ether oxygens (including phenoxy) is 1. The number of methoxy groups -OCH3 is 1. The second kappa shape index (κ2) is 8.49. The van der Waals surface area contributed by atoms with Gasteiger partial charge in [0.2, 0.25) is 5.95 Å². The number of nitrogens with one attached hydrogen (secondary N) is 2. The molecule has 2 N–H and O–H groups in total. The van der Waals surface area contributed by atoms with E-state index in [1.165, 1.54) is 19.5 Å². The zero-order valence-corrected chi connectivity index (χ0v) is 15.9. The molecule has 0 saturated carbocycles. The highest BCUT2D eigenvalue weighted by Gasteiger charge is 2.09. The predicted octanol–water partition coefficient (Wildman–Crippen LogP) is 4.22. The van der Waals surface area contributed by atoms with Crippen molar-refractivity contribution in [2.75, 3.05) is 17.7 Å². The van der Waals surface area contributed by atoms with E-state index in [1.807, 2.05) is 13.0 Å². The second-order valence-electron chi connectivity index (χ2n) is 5.91. The van der Waals surface area contributed by atoms with Gasteiger partial charge in [-0.15, -0.1) is 0 Å². The number of hydrogen-bond acceptors (Lipinski definition) is 6. The summed E-state index contributed by atoms with van der Waals surface area (Å²) < 4.78 is 4.66. The number of carbonyl (C=O) groups is 2. The number of hydrogen-bond donors (Lipinski definition) is 2. The molecule has 28 heavy (non-hydrogen) atoms. The van der Waals surface area contributed by atoms with Crippen LogP contribution in [0.15, 0.2) is 54.9 Å². The van der Waals surface area contributed by atoms with E-state index in [1.54, 1.807) is 36.4 Å². The van der Waals surface area contributed by atoms with Crippen molar-refractivity contribution in [2.45, 2.75) is 6.92 Å². The van der Waals surface area contributed by atoms with Crippen LogP contribution in [0.3, 0.4) is 0 Å². The highest BCUT2D eigenvalue weighted by molar-refractivity contribution is 6.31. The van der Waals surface area contributed by atoms with E-state index in [4.69, 9.17) is 11.6 Å². The standard InChI is InChI=1S/C20H17ClN4O3/c1-12-3-6-16(9-17(12)21)24-18(26)14-10-22-20(23-11-14)25-15-7-4-13(5-8-15)19(27)28-2/h3-11H,1-2H3,(H,24,26)(H,22,23,25). The number of rotatable bonds is 5. The summed E-state index contributed by atoms with van der Waals surface area (Å²) in [5.41, 5.74) is 2.96. The van der Waals surface area contributed by atoms with Crippen molar-refractivity contribution in [1.29, 1.82) is 0 Å². The first kappa shape index (κ1) is 19.3. The molecule has 0 aliphatic carbocycles. The predicted molar refractivity (Wildman–Crippen MR) is 107 cm³/mol. The molecule has 142 valence electrons. The van der Waals surface area contributed by atoms with Crippen LogP contribution in [0.1, 0.15) is 26.3 Å². The van der Waals surface area contributed by atoms with E-state index in [0.717, 1.165) is 5.56 Å². The maximum atomic E-state index is 12.3. The Hall–Kier alpha value is -3.45. The number of anilines is 3. The first-order valence-electron chi connectivity index (χ1n) is 8.31. The Bertz CT molecular complexity index is 1000. The van der Waals surface area contributed by atoms with E-state index >= 15 is 0 Å². The molecule has 3 aromatic rings. The Morgan fingerprint density at radius 3 is 2.21 bits per heavy atom. The molecule has 2 aromatic carbocycles. The van der Waals surface area contributed by atoms with Gasteiger partial charge in [0.25, 0.3) is 5.91 Å². The molecule has 0 atom stereocenters. The zero-order valence-electron chi connectivity index (χ0n) is 15.2. The monoisotopic (exact) mass is 396 g/mol. The molecule has 0 spiro atoms. The van der Waals surface area contributed by atoms with Gasteiger partial charge in [-0.25, -0.2) is 14.8 Å². The van der Waals surface area contributed by atoms with Crippen LogP contribution in [-0.4, -0.2) is 29.0 Å². The Morgan fingerprint density at radius 2 is 1.61 bits per heavy atom. The lowest BCUT2D eigenvalue weighted by molar-refractivity contribution is 0.0600. The van der Waals surface area contributed by atoms with Crippen molar-refractivity contribution in [1.82, 2.24) is 9.97 Å². The third kappa shape index (κ3) is 4.63. The summed E-state index contributed by atoms with van der Waals surface area (Å²) in [4.78, 5) is 32.0. The Balaban J connectivity index is 1.64. The topological polar surface area (TPSA) is 93.2 Å². The zero-order chi connectivity index (χ0) is 20.1. The lowest BCUT2D eigenvalue weighted by Gasteiger charge is -2.08. The van der Waals surface area contributed by atoms with Crippen LogP contribution in [0, 0.1) is 6.92 Å². The summed E-state index contributed by atoms with van der Waals surface area (Å²) in [5, 5.41) is 6.32. The van der Waals surface area contributed by atoms with Gasteiger partial charge < -0.3 is 15.4 Å². The number of halogens is 1. The Kier molecular flexibility index (Phi) is 5.86. The van der Waals surface area contributed by atoms with E-state index in [2.05, 4.69) is 25.3 Å². The van der Waals surface area contributed by atoms with Crippen LogP contribution in [0.5, 0.6) is 0 Å². The van der Waals surface area contributed by atoms with E-state index in [0.29, 0.717) is 33.5 Å². The van der Waals surface area contributed by atoms with Gasteiger partial charge in [-0.05, 0) is 48.9 Å². The molecular weight excluding hydrogens is 380 g/mol. The van der Waals surface area contributed by atoms with Gasteiger partial charge in [-0.3, -0.25) is 4.79 Å². The van der Waals surface area contributed by atoms with E-state index in [9.17, 15) is 9.59 Å². The van der Waals surface area contributed by atoms with Gasteiger partial charge in [0.15, 0.2) is 0 Å². The van der Waals surface area contributed by atoms with Crippen molar-refractivity contribution in [3.8, 4) is 0 Å². The molecule has 0 fully saturated rings. The minimum atomic E-state index is -0.409. The molecule has 1 heterocycles. The van der Waals surface area contributed by atoms with Gasteiger partial charge in [0, 0.05) is 28.8 Å². The quantitative estimate of drug-likeness (QED) is 0.627. The number of nitrogens with zero attached hydrogens (tertiary/aromatic N) is 2. The number of carbonyl (C=O) groups excluding carboxylic acids is 2. The number of aromatic nitrogens is 2. The maximum absolute atomic E-state index is 12.3. The summed E-state index contributed by atoms with van der Waals surface area (Å²) in [5.74, 6) is -0.428. The third-order valence-corrected chi connectivity index (χ3v) is 4.31. The fraction of sp³-hybridized carbons (Fsp3) is 0.100. The molecular formula is C20H17ClN4O3. The lowest BCUT2D eigenvalue weighted by atomic mass is 10.2. The third-order valence-electron chi connectivity index (χ3n) is 3.91. The van der Waals surface area contributed by atoms with Gasteiger partial charge >= 0.3 is 5.97 Å². The van der Waals surface area contributed by atoms with Crippen molar-refractivity contribution < 1.29 is 14.3 Å².